The van der Waals surface area contributed by atoms with Crippen molar-refractivity contribution in [2.75, 3.05) is 24.5 Å². The second-order valence-electron chi connectivity index (χ2n) is 8.56. The van der Waals surface area contributed by atoms with E-state index < -0.39 is 6.10 Å². The predicted octanol–water partition coefficient (Wildman–Crippen LogP) is 2.43. The molecular weight excluding hydrogens is 352 g/mol. The number of aliphatic hydroxyl groups is 1. The molecule has 28 heavy (non-hydrogen) atoms. The first-order chi connectivity index (χ1) is 13.6. The molecular formula is C22H28N4O2. The van der Waals surface area contributed by atoms with Crippen LogP contribution < -0.4 is 4.90 Å². The minimum Gasteiger partial charge on any atom is -0.386 e. The fourth-order valence-electron chi connectivity index (χ4n) is 4.54. The first kappa shape index (κ1) is 17.9. The van der Waals surface area contributed by atoms with Gasteiger partial charge < -0.3 is 10.0 Å². The second kappa shape index (κ2) is 7.01. The van der Waals surface area contributed by atoms with Crippen LogP contribution in [0.15, 0.2) is 24.3 Å². The van der Waals surface area contributed by atoms with Crippen molar-refractivity contribution < 1.29 is 9.90 Å². The van der Waals surface area contributed by atoms with Crippen LogP contribution in [0.25, 0.3) is 0 Å². The van der Waals surface area contributed by atoms with Crippen molar-refractivity contribution in [1.29, 1.82) is 0 Å². The highest BCUT2D eigenvalue weighted by atomic mass is 16.3. The van der Waals surface area contributed by atoms with Gasteiger partial charge in [-0.25, -0.2) is 0 Å². The molecule has 1 fully saturated rings. The molecule has 6 nitrogen and oxygen atoms in total. The van der Waals surface area contributed by atoms with E-state index in [1.165, 1.54) is 11.1 Å². The molecule has 6 heteroatoms. The summed E-state index contributed by atoms with van der Waals surface area (Å²) < 4.78 is 2.00. The summed E-state index contributed by atoms with van der Waals surface area (Å²) >= 11 is 0. The summed E-state index contributed by atoms with van der Waals surface area (Å²) in [6.45, 7) is 5.64. The molecule has 5 rings (SSSR count). The van der Waals surface area contributed by atoms with E-state index >= 15 is 0 Å². The van der Waals surface area contributed by atoms with Crippen molar-refractivity contribution in [2.24, 2.45) is 5.92 Å². The number of rotatable bonds is 4. The van der Waals surface area contributed by atoms with Crippen molar-refractivity contribution in [3.8, 4) is 0 Å². The molecule has 1 saturated carbocycles. The Kier molecular flexibility index (Phi) is 4.48. The van der Waals surface area contributed by atoms with Gasteiger partial charge in [0.2, 0.25) is 5.91 Å². The molecule has 0 radical (unpaired) electrons. The molecule has 0 spiro atoms. The maximum atomic E-state index is 13.1. The standard InChI is InChI=1S/C22H28N4O2/c1-15-4-7-20-17(11-15)3-2-8-25(20)21(27)14-24-9-10-26-18(13-24)12-19(23-26)22(28)16-5-6-16/h4,7,11-12,16,22,28H,2-3,5-6,8-10,13-14H2,1H3. The number of aryl methyl sites for hydroxylation is 2. The molecule has 1 aromatic carbocycles. The van der Waals surface area contributed by atoms with Gasteiger partial charge in [-0.3, -0.25) is 14.4 Å². The molecule has 2 aliphatic heterocycles. The molecule has 1 amide bonds. The van der Waals surface area contributed by atoms with Crippen molar-refractivity contribution >= 4 is 11.6 Å². The van der Waals surface area contributed by atoms with E-state index in [1.54, 1.807) is 0 Å². The summed E-state index contributed by atoms with van der Waals surface area (Å²) in [6.07, 6.45) is 3.84. The van der Waals surface area contributed by atoms with Crippen LogP contribution >= 0.6 is 0 Å². The van der Waals surface area contributed by atoms with Gasteiger partial charge in [-0.05, 0) is 56.2 Å². The monoisotopic (exact) mass is 380 g/mol. The van der Waals surface area contributed by atoms with Gasteiger partial charge in [-0.1, -0.05) is 17.7 Å². The van der Waals surface area contributed by atoms with Crippen molar-refractivity contribution in [2.45, 2.75) is 51.8 Å². The van der Waals surface area contributed by atoms with Crippen LogP contribution in [0.5, 0.6) is 0 Å². The lowest BCUT2D eigenvalue weighted by atomic mass is 9.99. The van der Waals surface area contributed by atoms with Crippen LogP contribution in [0.1, 0.15) is 47.9 Å². The summed E-state index contributed by atoms with van der Waals surface area (Å²) in [4.78, 5) is 17.2. The topological polar surface area (TPSA) is 61.6 Å². The molecule has 148 valence electrons. The minimum absolute atomic E-state index is 0.177. The first-order valence-electron chi connectivity index (χ1n) is 10.5. The molecule has 1 aromatic heterocycles. The normalized spacial score (nSPS) is 20.6. The average molecular weight is 380 g/mol. The van der Waals surface area contributed by atoms with E-state index in [0.29, 0.717) is 19.0 Å². The zero-order valence-electron chi connectivity index (χ0n) is 16.5. The van der Waals surface area contributed by atoms with E-state index in [9.17, 15) is 9.90 Å². The SMILES string of the molecule is Cc1ccc2c(c1)CCCN2C(=O)CN1CCn2nc(C(O)C3CC3)cc2C1. The number of aliphatic hydroxyl groups excluding tert-OH is 1. The Balaban J connectivity index is 1.27. The van der Waals surface area contributed by atoms with Gasteiger partial charge in [-0.2, -0.15) is 5.10 Å². The van der Waals surface area contributed by atoms with E-state index in [2.05, 4.69) is 35.1 Å². The van der Waals surface area contributed by atoms with Crippen LogP contribution in [-0.4, -0.2) is 45.3 Å². The lowest BCUT2D eigenvalue weighted by molar-refractivity contribution is -0.120. The Morgan fingerprint density at radius 3 is 2.93 bits per heavy atom. The quantitative estimate of drug-likeness (QED) is 0.885. The number of aromatic nitrogens is 2. The fourth-order valence-corrected chi connectivity index (χ4v) is 4.54. The zero-order valence-corrected chi connectivity index (χ0v) is 16.5. The number of benzene rings is 1. The molecule has 1 atom stereocenters. The lowest BCUT2D eigenvalue weighted by Gasteiger charge is -2.33. The molecule has 1 N–H and O–H groups in total. The van der Waals surface area contributed by atoms with Crippen molar-refractivity contribution in [3.05, 3.63) is 46.8 Å². The van der Waals surface area contributed by atoms with Gasteiger partial charge in [0.15, 0.2) is 0 Å². The summed E-state index contributed by atoms with van der Waals surface area (Å²) in [6, 6.07) is 8.43. The Bertz CT molecular complexity index is 902. The maximum Gasteiger partial charge on any atom is 0.241 e. The molecule has 2 aromatic rings. The van der Waals surface area contributed by atoms with E-state index in [4.69, 9.17) is 0 Å². The number of hydrogen-bond acceptors (Lipinski definition) is 4. The largest absolute Gasteiger partial charge is 0.386 e. The van der Waals surface area contributed by atoms with Crippen LogP contribution in [0.3, 0.4) is 0 Å². The third-order valence-corrected chi connectivity index (χ3v) is 6.28. The first-order valence-corrected chi connectivity index (χ1v) is 10.5. The van der Waals surface area contributed by atoms with Crippen LogP contribution in [-0.2, 0) is 24.3 Å². The summed E-state index contributed by atoms with van der Waals surface area (Å²) in [7, 11) is 0. The Morgan fingerprint density at radius 2 is 2.11 bits per heavy atom. The highest BCUT2D eigenvalue weighted by Crippen LogP contribution is 2.40. The number of hydrogen-bond donors (Lipinski definition) is 1. The number of fused-ring (bicyclic) bond motifs is 2. The highest BCUT2D eigenvalue weighted by Gasteiger charge is 2.33. The Hall–Kier alpha value is -2.18. The van der Waals surface area contributed by atoms with E-state index in [1.807, 2.05) is 15.6 Å². The summed E-state index contributed by atoms with van der Waals surface area (Å²) in [5.74, 6) is 0.563. The van der Waals surface area contributed by atoms with Gasteiger partial charge >= 0.3 is 0 Å². The number of amides is 1. The van der Waals surface area contributed by atoms with Crippen molar-refractivity contribution in [3.63, 3.8) is 0 Å². The number of anilines is 1. The minimum atomic E-state index is -0.429. The molecule has 1 unspecified atom stereocenters. The molecule has 0 saturated heterocycles. The smallest absolute Gasteiger partial charge is 0.241 e. The Labute approximate surface area is 165 Å². The Morgan fingerprint density at radius 1 is 1.25 bits per heavy atom. The third-order valence-electron chi connectivity index (χ3n) is 6.28. The van der Waals surface area contributed by atoms with E-state index in [-0.39, 0.29) is 5.91 Å². The molecule has 3 aliphatic rings. The van der Waals surface area contributed by atoms with Crippen LogP contribution in [0.2, 0.25) is 0 Å². The van der Waals surface area contributed by atoms with Crippen LogP contribution in [0.4, 0.5) is 5.69 Å². The summed E-state index contributed by atoms with van der Waals surface area (Å²) in [5.41, 5.74) is 5.52. The number of carbonyl (C=O) groups is 1. The lowest BCUT2D eigenvalue weighted by Crippen LogP contribution is -2.45. The molecule has 0 bridgehead atoms. The third kappa shape index (κ3) is 3.35. The van der Waals surface area contributed by atoms with Gasteiger partial charge in [-0.15, -0.1) is 0 Å². The van der Waals surface area contributed by atoms with Crippen LogP contribution in [0, 0.1) is 12.8 Å². The highest BCUT2D eigenvalue weighted by molar-refractivity contribution is 5.96. The molecule has 1 aliphatic carbocycles. The number of carbonyl (C=O) groups excluding carboxylic acids is 1. The average Bonchev–Trinajstić information content (AvgIpc) is 3.45. The predicted molar refractivity (Wildman–Crippen MR) is 107 cm³/mol. The maximum absolute atomic E-state index is 13.1. The van der Waals surface area contributed by atoms with Gasteiger partial charge in [0.25, 0.3) is 0 Å². The van der Waals surface area contributed by atoms with E-state index in [0.717, 1.165) is 62.4 Å². The van der Waals surface area contributed by atoms with Gasteiger partial charge in [0, 0.05) is 25.3 Å². The van der Waals surface area contributed by atoms with Crippen molar-refractivity contribution in [1.82, 2.24) is 14.7 Å². The fraction of sp³-hybridized carbons (Fsp3) is 0.545. The zero-order chi connectivity index (χ0) is 19.3. The number of nitrogens with zero attached hydrogens (tertiary/aromatic N) is 4. The molecule has 3 heterocycles. The summed E-state index contributed by atoms with van der Waals surface area (Å²) in [5, 5.41) is 15.0. The second-order valence-corrected chi connectivity index (χ2v) is 8.56. The van der Waals surface area contributed by atoms with Gasteiger partial charge in [0.1, 0.15) is 6.10 Å². The van der Waals surface area contributed by atoms with Gasteiger partial charge in [0.05, 0.1) is 24.5 Å².